The van der Waals surface area contributed by atoms with Gasteiger partial charge in [0.15, 0.2) is 0 Å². The Morgan fingerprint density at radius 1 is 1.00 bits per heavy atom. The number of benzene rings is 1. The third kappa shape index (κ3) is 3.67. The van der Waals surface area contributed by atoms with Crippen LogP contribution >= 0.6 is 11.6 Å². The van der Waals surface area contributed by atoms with Crippen LogP contribution in [0, 0.1) is 0 Å². The smallest absolute Gasteiger partial charge is 0.262 e. The van der Waals surface area contributed by atoms with Crippen molar-refractivity contribution in [2.45, 2.75) is 13.0 Å². The predicted molar refractivity (Wildman–Crippen MR) is 95.1 cm³/mol. The molecule has 1 aromatic heterocycles. The number of nitrogens with zero attached hydrogens (tertiary/aromatic N) is 2. The van der Waals surface area contributed by atoms with Crippen molar-refractivity contribution in [2.24, 2.45) is 0 Å². The first-order chi connectivity index (χ1) is 12.5. The summed E-state index contributed by atoms with van der Waals surface area (Å²) < 4.78 is 1.46. The maximum Gasteiger partial charge on any atom is 0.262 e. The van der Waals surface area contributed by atoms with E-state index in [1.54, 1.807) is 24.3 Å². The molecule has 3 amide bonds. The van der Waals surface area contributed by atoms with Gasteiger partial charge in [-0.25, -0.2) is 0 Å². The van der Waals surface area contributed by atoms with Gasteiger partial charge in [0.25, 0.3) is 17.4 Å². The molecule has 0 unspecified atom stereocenters. The van der Waals surface area contributed by atoms with E-state index in [2.05, 4.69) is 5.32 Å². The molecule has 1 aliphatic rings. The van der Waals surface area contributed by atoms with Gasteiger partial charge in [-0.3, -0.25) is 24.1 Å². The van der Waals surface area contributed by atoms with Gasteiger partial charge in [0.1, 0.15) is 6.54 Å². The average Bonchev–Trinajstić information content (AvgIpc) is 2.87. The molecule has 0 bridgehead atoms. The van der Waals surface area contributed by atoms with E-state index in [9.17, 15) is 19.2 Å². The Bertz CT molecular complexity index is 903. The highest BCUT2D eigenvalue weighted by atomic mass is 35.5. The van der Waals surface area contributed by atoms with Crippen molar-refractivity contribution >= 4 is 29.3 Å². The lowest BCUT2D eigenvalue weighted by Crippen LogP contribution is -2.40. The molecular weight excluding hydrogens is 358 g/mol. The number of pyridine rings is 1. The zero-order valence-corrected chi connectivity index (χ0v) is 14.5. The van der Waals surface area contributed by atoms with Crippen molar-refractivity contribution in [1.29, 1.82) is 0 Å². The van der Waals surface area contributed by atoms with E-state index in [-0.39, 0.29) is 12.1 Å². The summed E-state index contributed by atoms with van der Waals surface area (Å²) in [5, 5.41) is 3.11. The van der Waals surface area contributed by atoms with Gasteiger partial charge in [-0.15, -0.1) is 0 Å². The number of imide groups is 1. The number of carbonyl (C=O) groups is 3. The molecule has 1 N–H and O–H groups in total. The fraction of sp³-hybridized carbons (Fsp3) is 0.222. The fourth-order valence-corrected chi connectivity index (χ4v) is 2.92. The van der Waals surface area contributed by atoms with Crippen LogP contribution in [0.25, 0.3) is 0 Å². The van der Waals surface area contributed by atoms with Crippen LogP contribution in [0.5, 0.6) is 0 Å². The number of rotatable bonds is 6. The number of carbonyl (C=O) groups excluding carboxylic acids is 3. The molecule has 7 nitrogen and oxygen atoms in total. The molecule has 134 valence electrons. The Morgan fingerprint density at radius 3 is 2.31 bits per heavy atom. The predicted octanol–water partition coefficient (Wildman–Crippen LogP) is 1.30. The number of aryl methyl sites for hydroxylation is 1. The summed E-state index contributed by atoms with van der Waals surface area (Å²) in [5.74, 6) is -1.37. The van der Waals surface area contributed by atoms with Gasteiger partial charge in [-0.2, -0.15) is 0 Å². The van der Waals surface area contributed by atoms with Gasteiger partial charge >= 0.3 is 0 Å². The lowest BCUT2D eigenvalue weighted by molar-refractivity contribution is -0.121. The summed E-state index contributed by atoms with van der Waals surface area (Å²) in [7, 11) is 0. The van der Waals surface area contributed by atoms with Crippen LogP contribution in [0.1, 0.15) is 27.1 Å². The molecule has 8 heteroatoms. The number of halogens is 1. The van der Waals surface area contributed by atoms with E-state index in [0.717, 1.165) is 4.90 Å². The van der Waals surface area contributed by atoms with Gasteiger partial charge in [-0.1, -0.05) is 23.7 Å². The Balaban J connectivity index is 1.49. The highest BCUT2D eigenvalue weighted by molar-refractivity contribution is 6.30. The van der Waals surface area contributed by atoms with Gasteiger partial charge in [0, 0.05) is 25.4 Å². The van der Waals surface area contributed by atoms with E-state index in [1.807, 2.05) is 0 Å². The maximum absolute atomic E-state index is 12.2. The summed E-state index contributed by atoms with van der Waals surface area (Å²) in [5.41, 5.74) is 0.447. The third-order valence-corrected chi connectivity index (χ3v) is 4.25. The Labute approximate surface area is 154 Å². The molecule has 3 rings (SSSR count). The van der Waals surface area contributed by atoms with Gasteiger partial charge in [-0.05, 0) is 24.6 Å². The van der Waals surface area contributed by atoms with Crippen LogP contribution in [0.15, 0.2) is 47.4 Å². The van der Waals surface area contributed by atoms with Gasteiger partial charge < -0.3 is 9.88 Å². The Kier molecular flexibility index (Phi) is 5.18. The van der Waals surface area contributed by atoms with Crippen LogP contribution in [-0.4, -0.2) is 40.3 Å². The molecule has 0 radical (unpaired) electrons. The molecule has 0 fully saturated rings. The van der Waals surface area contributed by atoms with Gasteiger partial charge in [0.05, 0.1) is 16.1 Å². The van der Waals surface area contributed by atoms with Crippen molar-refractivity contribution in [3.63, 3.8) is 0 Å². The highest BCUT2D eigenvalue weighted by Gasteiger charge is 2.36. The zero-order valence-electron chi connectivity index (χ0n) is 13.8. The zero-order chi connectivity index (χ0) is 18.7. The van der Waals surface area contributed by atoms with E-state index in [4.69, 9.17) is 11.6 Å². The van der Waals surface area contributed by atoms with Crippen molar-refractivity contribution in [3.8, 4) is 0 Å². The number of fused-ring (bicyclic) bond motifs is 1. The third-order valence-electron chi connectivity index (χ3n) is 4.03. The minimum absolute atomic E-state index is 0.174. The highest BCUT2D eigenvalue weighted by Crippen LogP contribution is 2.21. The summed E-state index contributed by atoms with van der Waals surface area (Å²) in [6.07, 6.45) is 2.04. The summed E-state index contributed by atoms with van der Waals surface area (Å²) in [6, 6.07) is 9.37. The van der Waals surface area contributed by atoms with E-state index >= 15 is 0 Å². The lowest BCUT2D eigenvalue weighted by atomic mass is 10.1. The van der Waals surface area contributed by atoms with Crippen LogP contribution in [0.4, 0.5) is 0 Å². The fourth-order valence-electron chi connectivity index (χ4n) is 2.74. The van der Waals surface area contributed by atoms with Crippen LogP contribution in [0.3, 0.4) is 0 Å². The van der Waals surface area contributed by atoms with Gasteiger partial charge in [0.2, 0.25) is 5.91 Å². The number of hydrogen-bond acceptors (Lipinski definition) is 4. The molecule has 0 spiro atoms. The molecule has 0 atom stereocenters. The van der Waals surface area contributed by atoms with Crippen LogP contribution < -0.4 is 10.9 Å². The standard InChI is InChI=1S/C18H16ClN3O4/c19-12-6-7-16(24)21(10-12)9-3-8-20-15(23)11-22-17(25)13-4-1-2-5-14(13)18(22)26/h1-2,4-7,10H,3,8-9,11H2,(H,20,23). The summed E-state index contributed by atoms with van der Waals surface area (Å²) >= 11 is 5.84. The number of amides is 3. The van der Waals surface area contributed by atoms with Crippen LogP contribution in [0.2, 0.25) is 5.02 Å². The number of aromatic nitrogens is 1. The second-order valence-corrected chi connectivity index (χ2v) is 6.26. The van der Waals surface area contributed by atoms with Crippen LogP contribution in [-0.2, 0) is 11.3 Å². The van der Waals surface area contributed by atoms with Crippen molar-refractivity contribution in [1.82, 2.24) is 14.8 Å². The molecule has 0 aliphatic carbocycles. The quantitative estimate of drug-likeness (QED) is 0.610. The lowest BCUT2D eigenvalue weighted by Gasteiger charge is -2.13. The van der Waals surface area contributed by atoms with Crippen molar-refractivity contribution in [3.05, 3.63) is 69.1 Å². The second-order valence-electron chi connectivity index (χ2n) is 5.82. The minimum Gasteiger partial charge on any atom is -0.354 e. The maximum atomic E-state index is 12.2. The largest absolute Gasteiger partial charge is 0.354 e. The SMILES string of the molecule is O=C(CN1C(=O)c2ccccc2C1=O)NCCCn1cc(Cl)ccc1=O. The molecule has 1 aromatic carbocycles. The number of hydrogen-bond donors (Lipinski definition) is 1. The molecule has 1 aliphatic heterocycles. The number of nitrogens with one attached hydrogen (secondary N) is 1. The topological polar surface area (TPSA) is 88.5 Å². The molecule has 2 heterocycles. The monoisotopic (exact) mass is 373 g/mol. The molecular formula is C18H16ClN3O4. The summed E-state index contributed by atoms with van der Waals surface area (Å²) in [6.45, 7) is 0.372. The molecule has 0 saturated carbocycles. The Morgan fingerprint density at radius 2 is 1.65 bits per heavy atom. The second kappa shape index (κ2) is 7.53. The summed E-state index contributed by atoms with van der Waals surface area (Å²) in [4.78, 5) is 49.0. The normalized spacial score (nSPS) is 13.0. The van der Waals surface area contributed by atoms with Crippen molar-refractivity contribution < 1.29 is 14.4 Å². The minimum atomic E-state index is -0.466. The Hall–Kier alpha value is -2.93. The first-order valence-electron chi connectivity index (χ1n) is 8.05. The van der Waals surface area contributed by atoms with E-state index < -0.39 is 17.7 Å². The molecule has 0 saturated heterocycles. The van der Waals surface area contributed by atoms with E-state index in [0.29, 0.717) is 35.7 Å². The first kappa shape index (κ1) is 17.9. The molecule has 2 aromatic rings. The average molecular weight is 374 g/mol. The first-order valence-corrected chi connectivity index (χ1v) is 8.43. The van der Waals surface area contributed by atoms with Crippen molar-refractivity contribution in [2.75, 3.05) is 13.1 Å². The molecule has 26 heavy (non-hydrogen) atoms. The van der Waals surface area contributed by atoms with E-state index in [1.165, 1.54) is 22.9 Å².